The fourth-order valence-corrected chi connectivity index (χ4v) is 1.85. The van der Waals surface area contributed by atoms with Crippen LogP contribution < -0.4 is 5.32 Å². The van der Waals surface area contributed by atoms with E-state index in [0.717, 1.165) is 12.8 Å². The lowest BCUT2D eigenvalue weighted by atomic mass is 10.1. The molecule has 5 heteroatoms. The summed E-state index contributed by atoms with van der Waals surface area (Å²) in [7, 11) is 0. The van der Waals surface area contributed by atoms with Gasteiger partial charge in [-0.25, -0.2) is 4.79 Å². The van der Waals surface area contributed by atoms with Crippen molar-refractivity contribution in [2.45, 2.75) is 26.7 Å². The minimum atomic E-state index is -1.07. The summed E-state index contributed by atoms with van der Waals surface area (Å²) in [6.45, 7) is 3.84. The summed E-state index contributed by atoms with van der Waals surface area (Å²) in [5, 5.41) is 11.9. The molecule has 0 radical (unpaired) electrons. The number of hydrogen-bond donors (Lipinski definition) is 2. The van der Waals surface area contributed by atoms with E-state index in [1.54, 1.807) is 0 Å². The van der Waals surface area contributed by atoms with E-state index in [0.29, 0.717) is 5.69 Å². The Hall–Kier alpha value is -1.55. The average Bonchev–Trinajstić information content (AvgIpc) is 2.28. The first-order valence-corrected chi connectivity index (χ1v) is 6.16. The van der Waals surface area contributed by atoms with E-state index in [4.69, 9.17) is 16.7 Å². The van der Waals surface area contributed by atoms with Gasteiger partial charge in [-0.05, 0) is 24.6 Å². The molecule has 1 atom stereocenters. The van der Waals surface area contributed by atoms with Crippen LogP contribution in [0.4, 0.5) is 5.69 Å². The van der Waals surface area contributed by atoms with E-state index in [1.165, 1.54) is 18.2 Å². The smallest absolute Gasteiger partial charge is 0.335 e. The molecule has 0 saturated heterocycles. The van der Waals surface area contributed by atoms with Crippen LogP contribution in [0.25, 0.3) is 0 Å². The minimum absolute atomic E-state index is 0.0564. The van der Waals surface area contributed by atoms with E-state index in [-0.39, 0.29) is 22.4 Å². The molecule has 1 rings (SSSR count). The van der Waals surface area contributed by atoms with Gasteiger partial charge in [-0.15, -0.1) is 0 Å². The minimum Gasteiger partial charge on any atom is -0.478 e. The first-order valence-electron chi connectivity index (χ1n) is 5.78. The van der Waals surface area contributed by atoms with E-state index in [2.05, 4.69) is 5.32 Å². The number of nitrogens with one attached hydrogen (secondary N) is 1. The summed E-state index contributed by atoms with van der Waals surface area (Å²) in [5.74, 6) is -1.31. The highest BCUT2D eigenvalue weighted by atomic mass is 35.5. The molecule has 0 aliphatic rings. The molecule has 98 valence electrons. The van der Waals surface area contributed by atoms with Gasteiger partial charge in [0.2, 0.25) is 5.91 Å². The maximum Gasteiger partial charge on any atom is 0.335 e. The van der Waals surface area contributed by atoms with Crippen LogP contribution in [-0.2, 0) is 4.79 Å². The molecule has 1 amide bonds. The molecule has 0 aromatic heterocycles. The molecule has 1 aromatic carbocycles. The molecule has 0 heterocycles. The van der Waals surface area contributed by atoms with Gasteiger partial charge in [0, 0.05) is 16.6 Å². The van der Waals surface area contributed by atoms with Crippen molar-refractivity contribution in [2.24, 2.45) is 5.92 Å². The summed E-state index contributed by atoms with van der Waals surface area (Å²) < 4.78 is 0. The van der Waals surface area contributed by atoms with Crippen LogP contribution in [0.15, 0.2) is 18.2 Å². The molecular formula is C13H16ClNO3. The topological polar surface area (TPSA) is 66.4 Å². The molecule has 0 aliphatic heterocycles. The predicted octanol–water partition coefficient (Wildman–Crippen LogP) is 3.41. The zero-order valence-corrected chi connectivity index (χ0v) is 11.1. The van der Waals surface area contributed by atoms with E-state index < -0.39 is 5.97 Å². The Bertz CT molecular complexity index is 460. The van der Waals surface area contributed by atoms with Gasteiger partial charge in [0.15, 0.2) is 0 Å². The highest BCUT2D eigenvalue weighted by molar-refractivity contribution is 6.31. The second-order valence-corrected chi connectivity index (χ2v) is 4.65. The zero-order valence-electron chi connectivity index (χ0n) is 10.4. The van der Waals surface area contributed by atoms with Crippen molar-refractivity contribution in [3.05, 3.63) is 28.8 Å². The number of rotatable bonds is 5. The Balaban J connectivity index is 2.84. The van der Waals surface area contributed by atoms with Crippen molar-refractivity contribution in [1.82, 2.24) is 0 Å². The van der Waals surface area contributed by atoms with Gasteiger partial charge in [-0.1, -0.05) is 31.9 Å². The number of anilines is 1. The van der Waals surface area contributed by atoms with Crippen molar-refractivity contribution >= 4 is 29.2 Å². The van der Waals surface area contributed by atoms with Crippen LogP contribution in [0.3, 0.4) is 0 Å². The molecule has 0 fully saturated rings. The second-order valence-electron chi connectivity index (χ2n) is 4.21. The van der Waals surface area contributed by atoms with Crippen molar-refractivity contribution in [2.75, 3.05) is 5.32 Å². The van der Waals surface area contributed by atoms with Gasteiger partial charge < -0.3 is 10.4 Å². The lowest BCUT2D eigenvalue weighted by Crippen LogP contribution is -2.20. The average molecular weight is 270 g/mol. The van der Waals surface area contributed by atoms with Crippen LogP contribution in [0, 0.1) is 5.92 Å². The Morgan fingerprint density at radius 1 is 1.39 bits per heavy atom. The van der Waals surface area contributed by atoms with Crippen LogP contribution in [0.1, 0.15) is 37.0 Å². The van der Waals surface area contributed by atoms with E-state index in [1.807, 2.05) is 13.8 Å². The molecule has 1 unspecified atom stereocenters. The van der Waals surface area contributed by atoms with Gasteiger partial charge in [0.05, 0.1) is 5.56 Å². The summed E-state index contributed by atoms with van der Waals surface area (Å²) >= 11 is 5.80. The first-order chi connectivity index (χ1) is 8.43. The van der Waals surface area contributed by atoms with Gasteiger partial charge >= 0.3 is 5.97 Å². The Kier molecular flexibility index (Phi) is 5.16. The van der Waals surface area contributed by atoms with E-state index >= 15 is 0 Å². The highest BCUT2D eigenvalue weighted by Crippen LogP contribution is 2.20. The fraction of sp³-hybridized carbons (Fsp3) is 0.385. The molecule has 0 aliphatic carbocycles. The number of carboxylic acids is 1. The van der Waals surface area contributed by atoms with Crippen molar-refractivity contribution < 1.29 is 14.7 Å². The zero-order chi connectivity index (χ0) is 13.7. The van der Waals surface area contributed by atoms with Gasteiger partial charge in [0.25, 0.3) is 0 Å². The number of halogens is 1. The second kappa shape index (κ2) is 6.40. The monoisotopic (exact) mass is 269 g/mol. The number of carboxylic acid groups (broad SMARTS) is 1. The third-order valence-electron chi connectivity index (χ3n) is 2.58. The van der Waals surface area contributed by atoms with Crippen LogP contribution in [0.5, 0.6) is 0 Å². The SMILES string of the molecule is CCCC(C)C(=O)Nc1cc(Cl)cc(C(=O)O)c1. The summed E-state index contributed by atoms with van der Waals surface area (Å²) in [6, 6.07) is 4.27. The molecule has 0 saturated carbocycles. The summed E-state index contributed by atoms with van der Waals surface area (Å²) in [6.07, 6.45) is 1.71. The standard InChI is InChI=1S/C13H16ClNO3/c1-3-4-8(2)12(16)15-11-6-9(13(17)18)5-10(14)7-11/h5-8H,3-4H2,1-2H3,(H,15,16)(H,17,18). The summed E-state index contributed by atoms with van der Waals surface area (Å²) in [4.78, 5) is 22.6. The third-order valence-corrected chi connectivity index (χ3v) is 2.80. The quantitative estimate of drug-likeness (QED) is 0.861. The van der Waals surface area contributed by atoms with E-state index in [9.17, 15) is 9.59 Å². The normalized spacial score (nSPS) is 11.9. The van der Waals surface area contributed by atoms with Crippen molar-refractivity contribution in [1.29, 1.82) is 0 Å². The molecule has 0 bridgehead atoms. The largest absolute Gasteiger partial charge is 0.478 e. The number of amides is 1. The highest BCUT2D eigenvalue weighted by Gasteiger charge is 2.13. The lowest BCUT2D eigenvalue weighted by Gasteiger charge is -2.11. The summed E-state index contributed by atoms with van der Waals surface area (Å²) in [5.41, 5.74) is 0.466. The molecule has 4 nitrogen and oxygen atoms in total. The molecule has 18 heavy (non-hydrogen) atoms. The molecule has 0 spiro atoms. The lowest BCUT2D eigenvalue weighted by molar-refractivity contribution is -0.119. The van der Waals surface area contributed by atoms with Crippen LogP contribution in [0.2, 0.25) is 5.02 Å². The molecule has 1 aromatic rings. The molecular weight excluding hydrogens is 254 g/mol. The first kappa shape index (κ1) is 14.5. The van der Waals surface area contributed by atoms with Crippen LogP contribution in [-0.4, -0.2) is 17.0 Å². The third kappa shape index (κ3) is 4.04. The Morgan fingerprint density at radius 2 is 2.06 bits per heavy atom. The van der Waals surface area contributed by atoms with Gasteiger partial charge in [-0.2, -0.15) is 0 Å². The number of hydrogen-bond acceptors (Lipinski definition) is 2. The van der Waals surface area contributed by atoms with Crippen molar-refractivity contribution in [3.63, 3.8) is 0 Å². The number of carbonyl (C=O) groups is 2. The van der Waals surface area contributed by atoms with Gasteiger partial charge in [0.1, 0.15) is 0 Å². The maximum atomic E-state index is 11.8. The predicted molar refractivity (Wildman–Crippen MR) is 71.1 cm³/mol. The molecule has 2 N–H and O–H groups in total. The fourth-order valence-electron chi connectivity index (χ4n) is 1.61. The number of carbonyl (C=O) groups excluding carboxylic acids is 1. The number of aromatic carboxylic acids is 1. The van der Waals surface area contributed by atoms with Crippen LogP contribution >= 0.6 is 11.6 Å². The Labute approximate surface area is 111 Å². The van der Waals surface area contributed by atoms with Gasteiger partial charge in [-0.3, -0.25) is 4.79 Å². The van der Waals surface area contributed by atoms with Crippen molar-refractivity contribution in [3.8, 4) is 0 Å². The maximum absolute atomic E-state index is 11.8. The Morgan fingerprint density at radius 3 is 2.61 bits per heavy atom. The number of benzene rings is 1.